The van der Waals surface area contributed by atoms with Gasteiger partial charge in [-0.05, 0) is 37.7 Å². The molecule has 0 aliphatic carbocycles. The van der Waals surface area contributed by atoms with Crippen molar-refractivity contribution in [2.45, 2.75) is 13.0 Å². The van der Waals surface area contributed by atoms with Gasteiger partial charge in [0.25, 0.3) is 5.91 Å². The zero-order valence-electron chi connectivity index (χ0n) is 20.1. The number of hydrogen-bond acceptors (Lipinski definition) is 5. The summed E-state index contributed by atoms with van der Waals surface area (Å²) in [6.45, 7) is 4.43. The molecule has 176 valence electrons. The van der Waals surface area contributed by atoms with Gasteiger partial charge in [0, 0.05) is 42.5 Å². The van der Waals surface area contributed by atoms with E-state index in [0.717, 1.165) is 35.6 Å². The summed E-state index contributed by atoms with van der Waals surface area (Å²) in [6, 6.07) is 28.1. The summed E-state index contributed by atoms with van der Waals surface area (Å²) >= 11 is 0. The van der Waals surface area contributed by atoms with Crippen molar-refractivity contribution in [1.29, 1.82) is 0 Å². The first-order valence-electron chi connectivity index (χ1n) is 11.9. The number of anilines is 2. The number of aromatic nitrogens is 2. The second-order valence-corrected chi connectivity index (χ2v) is 9.05. The van der Waals surface area contributed by atoms with Gasteiger partial charge in [0.2, 0.25) is 0 Å². The van der Waals surface area contributed by atoms with Gasteiger partial charge in [0.15, 0.2) is 0 Å². The van der Waals surface area contributed by atoms with Gasteiger partial charge in [0.05, 0.1) is 11.7 Å². The number of carbonyl (C=O) groups excluding carboxylic acids is 1. The molecule has 6 heteroatoms. The van der Waals surface area contributed by atoms with Crippen molar-refractivity contribution in [3.05, 3.63) is 108 Å². The molecule has 1 saturated heterocycles. The van der Waals surface area contributed by atoms with E-state index in [4.69, 9.17) is 0 Å². The summed E-state index contributed by atoms with van der Waals surface area (Å²) in [4.78, 5) is 26.7. The summed E-state index contributed by atoms with van der Waals surface area (Å²) in [5.74, 6) is 0.723. The SMILES string of the molecule is Cc1ccc(-c2cc(Nc3cccc(C(=O)N4CCN(C)C[C@H]4c4ccccc4)c3)ncn2)cc1. The fraction of sp³-hybridized carbons (Fsp3) is 0.207. The van der Waals surface area contributed by atoms with Gasteiger partial charge in [-0.25, -0.2) is 9.97 Å². The maximum atomic E-state index is 13.6. The van der Waals surface area contributed by atoms with E-state index in [2.05, 4.69) is 70.6 Å². The molecule has 1 fully saturated rings. The highest BCUT2D eigenvalue weighted by Crippen LogP contribution is 2.28. The van der Waals surface area contributed by atoms with Crippen LogP contribution in [0.2, 0.25) is 0 Å². The van der Waals surface area contributed by atoms with Gasteiger partial charge < -0.3 is 15.1 Å². The monoisotopic (exact) mass is 463 g/mol. The minimum Gasteiger partial charge on any atom is -0.340 e. The van der Waals surface area contributed by atoms with E-state index in [1.165, 1.54) is 5.56 Å². The predicted octanol–water partition coefficient (Wildman–Crippen LogP) is 5.32. The molecule has 0 radical (unpaired) electrons. The molecular formula is C29H29N5O. The number of likely N-dealkylation sites (N-methyl/N-ethyl adjacent to an activating group) is 1. The lowest BCUT2D eigenvalue weighted by molar-refractivity contribution is 0.0498. The third kappa shape index (κ3) is 5.23. The molecule has 1 amide bonds. The van der Waals surface area contributed by atoms with Crippen molar-refractivity contribution in [2.75, 3.05) is 32.0 Å². The van der Waals surface area contributed by atoms with Gasteiger partial charge in [-0.3, -0.25) is 4.79 Å². The van der Waals surface area contributed by atoms with Crippen LogP contribution in [0.5, 0.6) is 0 Å². The summed E-state index contributed by atoms with van der Waals surface area (Å²) in [5, 5.41) is 3.34. The maximum absolute atomic E-state index is 13.6. The smallest absolute Gasteiger partial charge is 0.254 e. The van der Waals surface area contributed by atoms with Crippen LogP contribution in [0.1, 0.15) is 27.5 Å². The normalized spacial score (nSPS) is 16.2. The Balaban J connectivity index is 1.36. The number of hydrogen-bond donors (Lipinski definition) is 1. The number of amides is 1. The van der Waals surface area contributed by atoms with Crippen molar-refractivity contribution in [1.82, 2.24) is 19.8 Å². The summed E-state index contributed by atoms with van der Waals surface area (Å²) in [7, 11) is 2.11. The molecule has 35 heavy (non-hydrogen) atoms. The molecule has 1 N–H and O–H groups in total. The van der Waals surface area contributed by atoms with E-state index in [-0.39, 0.29) is 11.9 Å². The summed E-state index contributed by atoms with van der Waals surface area (Å²) in [6.07, 6.45) is 1.56. The van der Waals surface area contributed by atoms with Crippen molar-refractivity contribution in [3.8, 4) is 11.3 Å². The molecule has 4 aromatic rings. The Kier molecular flexibility index (Phi) is 6.55. The standard InChI is InChI=1S/C29H29N5O/c1-21-11-13-22(14-12-21)26-18-28(31-20-30-26)32-25-10-6-9-24(17-25)29(35)34-16-15-33(2)19-27(34)23-7-4-3-5-8-23/h3-14,17-18,20,27H,15-16,19H2,1-2H3,(H,30,31,32)/t27-/m0/s1. The Morgan fingerprint density at radius 3 is 2.51 bits per heavy atom. The first kappa shape index (κ1) is 22.7. The van der Waals surface area contributed by atoms with Crippen LogP contribution in [0.3, 0.4) is 0 Å². The van der Waals surface area contributed by atoms with Gasteiger partial charge in [-0.1, -0.05) is 66.2 Å². The van der Waals surface area contributed by atoms with Crippen LogP contribution < -0.4 is 5.32 Å². The van der Waals surface area contributed by atoms with Crippen LogP contribution in [0, 0.1) is 6.92 Å². The average molecular weight is 464 g/mol. The highest BCUT2D eigenvalue weighted by molar-refractivity contribution is 5.95. The molecule has 1 aliphatic heterocycles. The van der Waals surface area contributed by atoms with E-state index in [9.17, 15) is 4.79 Å². The topological polar surface area (TPSA) is 61.4 Å². The second-order valence-electron chi connectivity index (χ2n) is 9.05. The Hall–Kier alpha value is -4.03. The first-order chi connectivity index (χ1) is 17.1. The summed E-state index contributed by atoms with van der Waals surface area (Å²) < 4.78 is 0. The lowest BCUT2D eigenvalue weighted by atomic mass is 10.0. The van der Waals surface area contributed by atoms with E-state index in [1.807, 2.05) is 53.4 Å². The molecule has 6 nitrogen and oxygen atoms in total. The molecular weight excluding hydrogens is 434 g/mol. The first-order valence-corrected chi connectivity index (χ1v) is 11.9. The molecule has 0 spiro atoms. The zero-order chi connectivity index (χ0) is 24.2. The van der Waals surface area contributed by atoms with E-state index in [1.54, 1.807) is 6.33 Å². The van der Waals surface area contributed by atoms with Gasteiger partial charge in [0.1, 0.15) is 12.1 Å². The lowest BCUT2D eigenvalue weighted by Gasteiger charge is -2.40. The maximum Gasteiger partial charge on any atom is 0.254 e. The van der Waals surface area contributed by atoms with E-state index >= 15 is 0 Å². The summed E-state index contributed by atoms with van der Waals surface area (Å²) in [5.41, 5.74) is 5.72. The average Bonchev–Trinajstić information content (AvgIpc) is 2.89. The number of nitrogens with zero attached hydrogens (tertiary/aromatic N) is 4. The number of aryl methyl sites for hydroxylation is 1. The number of carbonyl (C=O) groups is 1. The highest BCUT2D eigenvalue weighted by atomic mass is 16.2. The minimum atomic E-state index is 0.0259. The van der Waals surface area contributed by atoms with Crippen LogP contribution >= 0.6 is 0 Å². The fourth-order valence-electron chi connectivity index (χ4n) is 4.47. The Morgan fingerprint density at radius 2 is 1.71 bits per heavy atom. The van der Waals surface area contributed by atoms with Crippen LogP contribution in [-0.2, 0) is 0 Å². The van der Waals surface area contributed by atoms with Crippen LogP contribution in [0.25, 0.3) is 11.3 Å². The Labute approximate surface area is 206 Å². The highest BCUT2D eigenvalue weighted by Gasteiger charge is 2.30. The van der Waals surface area contributed by atoms with Crippen LogP contribution in [0.4, 0.5) is 11.5 Å². The van der Waals surface area contributed by atoms with Crippen LogP contribution in [-0.4, -0.2) is 52.4 Å². The quantitative estimate of drug-likeness (QED) is 0.434. The van der Waals surface area contributed by atoms with Gasteiger partial charge in [-0.2, -0.15) is 0 Å². The third-order valence-electron chi connectivity index (χ3n) is 6.43. The molecule has 0 bridgehead atoms. The molecule has 1 atom stereocenters. The molecule has 1 aliphatic rings. The fourth-order valence-corrected chi connectivity index (χ4v) is 4.47. The number of rotatable bonds is 5. The van der Waals surface area contributed by atoms with Crippen LogP contribution in [0.15, 0.2) is 91.3 Å². The lowest BCUT2D eigenvalue weighted by Crippen LogP contribution is -2.49. The van der Waals surface area contributed by atoms with E-state index in [0.29, 0.717) is 17.9 Å². The number of benzene rings is 3. The molecule has 3 aromatic carbocycles. The van der Waals surface area contributed by atoms with Gasteiger partial charge >= 0.3 is 0 Å². The van der Waals surface area contributed by atoms with Crippen molar-refractivity contribution < 1.29 is 4.79 Å². The molecule has 0 saturated carbocycles. The van der Waals surface area contributed by atoms with Crippen molar-refractivity contribution in [3.63, 3.8) is 0 Å². The van der Waals surface area contributed by atoms with Crippen molar-refractivity contribution in [2.24, 2.45) is 0 Å². The van der Waals surface area contributed by atoms with E-state index < -0.39 is 0 Å². The third-order valence-corrected chi connectivity index (χ3v) is 6.43. The molecule has 5 rings (SSSR count). The van der Waals surface area contributed by atoms with Crippen molar-refractivity contribution >= 4 is 17.4 Å². The minimum absolute atomic E-state index is 0.0259. The van der Waals surface area contributed by atoms with Gasteiger partial charge in [-0.15, -0.1) is 0 Å². The molecule has 0 unspecified atom stereocenters. The Morgan fingerprint density at radius 1 is 0.914 bits per heavy atom. The predicted molar refractivity (Wildman–Crippen MR) is 140 cm³/mol. The largest absolute Gasteiger partial charge is 0.340 e. The number of piperazine rings is 1. The Bertz CT molecular complexity index is 1310. The number of nitrogens with one attached hydrogen (secondary N) is 1. The zero-order valence-corrected chi connectivity index (χ0v) is 20.1. The molecule has 1 aromatic heterocycles. The second kappa shape index (κ2) is 10.1. The molecule has 2 heterocycles.